The molecule has 0 aliphatic carbocycles. The van der Waals surface area contributed by atoms with Crippen LogP contribution in [0.4, 0.5) is 0 Å². The lowest BCUT2D eigenvalue weighted by Crippen LogP contribution is -2.36. The summed E-state index contributed by atoms with van der Waals surface area (Å²) in [5.41, 5.74) is 0.230. The Hall–Kier alpha value is -2.56. The second-order valence-electron chi connectivity index (χ2n) is 6.36. The molecule has 27 heavy (non-hydrogen) atoms. The highest BCUT2D eigenvalue weighted by Gasteiger charge is 2.39. The molecule has 9 nitrogen and oxygen atoms in total. The van der Waals surface area contributed by atoms with Gasteiger partial charge in [-0.15, -0.1) is 0 Å². The number of fused-ring (bicyclic) bond motifs is 1. The van der Waals surface area contributed by atoms with Crippen LogP contribution in [0, 0.1) is 0 Å². The number of aliphatic hydroxyl groups excluding tert-OH is 1. The Balaban J connectivity index is 1.88. The van der Waals surface area contributed by atoms with Crippen molar-refractivity contribution in [2.45, 2.75) is 30.5 Å². The molecule has 0 amide bonds. The molecule has 2 aromatic heterocycles. The van der Waals surface area contributed by atoms with Gasteiger partial charge < -0.3 is 10.1 Å². The first-order valence-electron chi connectivity index (χ1n) is 8.64. The van der Waals surface area contributed by atoms with Crippen molar-refractivity contribution < 1.29 is 13.5 Å². The smallest absolute Gasteiger partial charge is 0.261 e. The second-order valence-corrected chi connectivity index (χ2v) is 8.22. The van der Waals surface area contributed by atoms with Crippen LogP contribution in [0.5, 0.6) is 0 Å². The van der Waals surface area contributed by atoms with Gasteiger partial charge in [0.1, 0.15) is 5.82 Å². The summed E-state index contributed by atoms with van der Waals surface area (Å²) in [5.74, 6) is 0.355. The maximum atomic E-state index is 13.0. The normalized spacial score (nSPS) is 18.3. The van der Waals surface area contributed by atoms with Crippen molar-refractivity contribution in [2.75, 3.05) is 13.2 Å². The van der Waals surface area contributed by atoms with Crippen LogP contribution in [-0.2, 0) is 16.6 Å². The summed E-state index contributed by atoms with van der Waals surface area (Å²) >= 11 is 0. The molecule has 0 spiro atoms. The number of aromatic amines is 1. The number of hydrogen-bond acceptors (Lipinski definition) is 6. The summed E-state index contributed by atoms with van der Waals surface area (Å²) < 4.78 is 28.7. The molecule has 0 saturated carbocycles. The van der Waals surface area contributed by atoms with E-state index in [0.29, 0.717) is 36.1 Å². The standard InChI is InChI=1S/C17H19N5O4S/c23-9-8-21-16(20-13-5-2-1-4-12(13)17(21)24)14-6-3-7-22(14)27(25,26)15-10-18-11-19-15/h1-2,4-5,10-11,14,23H,3,6-9H2,(H,18,19). The van der Waals surface area contributed by atoms with Crippen LogP contribution in [0.2, 0.25) is 0 Å². The Morgan fingerprint density at radius 2 is 2.11 bits per heavy atom. The third-order valence-electron chi connectivity index (χ3n) is 4.78. The van der Waals surface area contributed by atoms with E-state index in [1.807, 2.05) is 0 Å². The Labute approximate surface area is 155 Å². The highest BCUT2D eigenvalue weighted by molar-refractivity contribution is 7.89. The van der Waals surface area contributed by atoms with Gasteiger partial charge in [-0.25, -0.2) is 18.4 Å². The van der Waals surface area contributed by atoms with Crippen LogP contribution in [-0.4, -0.2) is 50.5 Å². The lowest BCUT2D eigenvalue weighted by Gasteiger charge is -2.25. The Kier molecular flexibility index (Phi) is 4.54. The Morgan fingerprint density at radius 3 is 2.85 bits per heavy atom. The first-order valence-corrected chi connectivity index (χ1v) is 10.1. The SMILES string of the molecule is O=c1c2ccccc2nc(C2CCCN2S(=O)(=O)c2cnc[nH]2)n1CCO. The summed E-state index contributed by atoms with van der Waals surface area (Å²) in [5, 5.41) is 9.87. The van der Waals surface area contributed by atoms with E-state index in [9.17, 15) is 18.3 Å². The van der Waals surface area contributed by atoms with Crippen molar-refractivity contribution in [1.82, 2.24) is 23.8 Å². The summed E-state index contributed by atoms with van der Waals surface area (Å²) in [6, 6.07) is 6.35. The van der Waals surface area contributed by atoms with Gasteiger partial charge in [0.15, 0.2) is 5.03 Å². The van der Waals surface area contributed by atoms with E-state index in [1.54, 1.807) is 24.3 Å². The minimum atomic E-state index is -3.79. The van der Waals surface area contributed by atoms with E-state index >= 15 is 0 Å². The first-order chi connectivity index (χ1) is 13.0. The van der Waals surface area contributed by atoms with Gasteiger partial charge in [0, 0.05) is 6.54 Å². The predicted octanol–water partition coefficient (Wildman–Crippen LogP) is 0.638. The van der Waals surface area contributed by atoms with Gasteiger partial charge in [-0.2, -0.15) is 4.31 Å². The fraction of sp³-hybridized carbons (Fsp3) is 0.353. The van der Waals surface area contributed by atoms with Crippen molar-refractivity contribution in [3.8, 4) is 0 Å². The number of imidazole rings is 1. The monoisotopic (exact) mass is 389 g/mol. The molecule has 0 radical (unpaired) electrons. The number of hydrogen-bond donors (Lipinski definition) is 2. The summed E-state index contributed by atoms with van der Waals surface area (Å²) in [7, 11) is -3.79. The van der Waals surface area contributed by atoms with E-state index in [2.05, 4.69) is 15.0 Å². The molecule has 10 heteroatoms. The molecule has 1 unspecified atom stereocenters. The molecule has 1 atom stereocenters. The largest absolute Gasteiger partial charge is 0.395 e. The molecule has 4 rings (SSSR count). The van der Waals surface area contributed by atoms with Gasteiger partial charge in [0.25, 0.3) is 15.6 Å². The van der Waals surface area contributed by atoms with E-state index < -0.39 is 16.1 Å². The molecule has 1 aliphatic rings. The van der Waals surface area contributed by atoms with Gasteiger partial charge >= 0.3 is 0 Å². The van der Waals surface area contributed by atoms with Gasteiger partial charge in [0.05, 0.1) is 42.6 Å². The van der Waals surface area contributed by atoms with E-state index in [0.717, 1.165) is 0 Å². The number of rotatable bonds is 5. The Morgan fingerprint density at radius 1 is 1.30 bits per heavy atom. The van der Waals surface area contributed by atoms with Gasteiger partial charge in [-0.05, 0) is 25.0 Å². The van der Waals surface area contributed by atoms with Crippen molar-refractivity contribution in [3.63, 3.8) is 0 Å². The number of nitrogens with zero attached hydrogens (tertiary/aromatic N) is 4. The molecule has 3 heterocycles. The molecular formula is C17H19N5O4S. The minimum absolute atomic E-state index is 0.00578. The third kappa shape index (κ3) is 2.95. The maximum Gasteiger partial charge on any atom is 0.261 e. The highest BCUT2D eigenvalue weighted by Crippen LogP contribution is 2.35. The van der Waals surface area contributed by atoms with Crippen molar-refractivity contribution >= 4 is 20.9 Å². The quantitative estimate of drug-likeness (QED) is 0.660. The molecular weight excluding hydrogens is 370 g/mol. The lowest BCUT2D eigenvalue weighted by atomic mass is 10.2. The zero-order valence-corrected chi connectivity index (χ0v) is 15.3. The summed E-state index contributed by atoms with van der Waals surface area (Å²) in [6.45, 7) is 0.140. The van der Waals surface area contributed by atoms with Crippen LogP contribution in [0.3, 0.4) is 0 Å². The van der Waals surface area contributed by atoms with Crippen LogP contribution >= 0.6 is 0 Å². The molecule has 0 bridgehead atoms. The topological polar surface area (TPSA) is 121 Å². The van der Waals surface area contributed by atoms with Crippen LogP contribution < -0.4 is 5.56 Å². The van der Waals surface area contributed by atoms with Crippen LogP contribution in [0.1, 0.15) is 24.7 Å². The van der Waals surface area contributed by atoms with E-state index in [1.165, 1.54) is 21.4 Å². The number of para-hydroxylation sites is 1. The number of H-pyrrole nitrogens is 1. The fourth-order valence-electron chi connectivity index (χ4n) is 3.55. The third-order valence-corrected chi connectivity index (χ3v) is 6.61. The number of aliphatic hydroxyl groups is 1. The Bertz CT molecular complexity index is 1120. The molecule has 1 aromatic carbocycles. The van der Waals surface area contributed by atoms with Crippen molar-refractivity contribution in [1.29, 1.82) is 0 Å². The summed E-state index contributed by atoms with van der Waals surface area (Å²) in [4.78, 5) is 23.9. The highest BCUT2D eigenvalue weighted by atomic mass is 32.2. The zero-order valence-electron chi connectivity index (χ0n) is 14.4. The van der Waals surface area contributed by atoms with Gasteiger partial charge in [0.2, 0.25) is 0 Å². The number of sulfonamides is 1. The van der Waals surface area contributed by atoms with Crippen molar-refractivity contribution in [2.24, 2.45) is 0 Å². The first kappa shape index (κ1) is 17.8. The average molecular weight is 389 g/mol. The summed E-state index contributed by atoms with van der Waals surface area (Å²) in [6.07, 6.45) is 3.77. The fourth-order valence-corrected chi connectivity index (χ4v) is 5.10. The molecule has 1 saturated heterocycles. The molecule has 142 valence electrons. The van der Waals surface area contributed by atoms with Gasteiger partial charge in [-0.3, -0.25) is 9.36 Å². The molecule has 1 fully saturated rings. The predicted molar refractivity (Wildman–Crippen MR) is 97.5 cm³/mol. The van der Waals surface area contributed by atoms with E-state index in [4.69, 9.17) is 0 Å². The molecule has 1 aliphatic heterocycles. The molecule has 2 N–H and O–H groups in total. The van der Waals surface area contributed by atoms with Crippen LogP contribution in [0.25, 0.3) is 10.9 Å². The number of aromatic nitrogens is 4. The number of nitrogens with one attached hydrogen (secondary N) is 1. The average Bonchev–Trinajstić information content (AvgIpc) is 3.36. The van der Waals surface area contributed by atoms with E-state index in [-0.39, 0.29) is 23.7 Å². The molecule has 3 aromatic rings. The zero-order chi connectivity index (χ0) is 19.0. The minimum Gasteiger partial charge on any atom is -0.395 e. The second kappa shape index (κ2) is 6.87. The van der Waals surface area contributed by atoms with Crippen molar-refractivity contribution in [3.05, 3.63) is 53.0 Å². The van der Waals surface area contributed by atoms with Crippen LogP contribution in [0.15, 0.2) is 46.6 Å². The maximum absolute atomic E-state index is 13.0. The number of benzene rings is 1. The van der Waals surface area contributed by atoms with Gasteiger partial charge in [-0.1, -0.05) is 12.1 Å². The lowest BCUT2D eigenvalue weighted by molar-refractivity contribution is 0.266.